The van der Waals surface area contributed by atoms with Gasteiger partial charge in [0.25, 0.3) is 0 Å². The Balaban J connectivity index is 2.85. The number of hydrogen-bond donors (Lipinski definition) is 1. The molecule has 4 heteroatoms. The number of ether oxygens (including phenoxy) is 1. The number of hydrogen-bond acceptors (Lipinski definition) is 2. The van der Waals surface area contributed by atoms with Crippen molar-refractivity contribution in [2.45, 2.75) is 0 Å². The van der Waals surface area contributed by atoms with Crippen LogP contribution in [0.5, 0.6) is 0 Å². The molecule has 0 aliphatic carbocycles. The number of esters is 1. The van der Waals surface area contributed by atoms with Gasteiger partial charge in [0.15, 0.2) is 5.95 Å². The van der Waals surface area contributed by atoms with Gasteiger partial charge in [-0.15, -0.1) is 0 Å². The molecule has 1 aromatic rings. The zero-order chi connectivity index (χ0) is 7.56. The Hall–Kier alpha value is -1.32. The van der Waals surface area contributed by atoms with Crippen molar-refractivity contribution in [3.63, 3.8) is 0 Å². The highest BCUT2D eigenvalue weighted by Gasteiger charge is 2.06. The summed E-state index contributed by atoms with van der Waals surface area (Å²) in [6.07, 6.45) is 1.25. The molecule has 1 aromatic heterocycles. The first kappa shape index (κ1) is 6.80. The van der Waals surface area contributed by atoms with E-state index >= 15 is 0 Å². The molecule has 0 aromatic carbocycles. The second-order valence-corrected chi connectivity index (χ2v) is 1.73. The van der Waals surface area contributed by atoms with Crippen LogP contribution in [0, 0.1) is 5.95 Å². The van der Waals surface area contributed by atoms with E-state index in [2.05, 4.69) is 9.72 Å². The SMILES string of the molecule is COC(=O)c1c[nH]c(F)c1. The minimum absolute atomic E-state index is 0.194. The highest BCUT2D eigenvalue weighted by atomic mass is 19.1. The van der Waals surface area contributed by atoms with Crippen LogP contribution in [0.3, 0.4) is 0 Å². The maximum Gasteiger partial charge on any atom is 0.339 e. The van der Waals surface area contributed by atoms with Gasteiger partial charge in [-0.25, -0.2) is 4.79 Å². The molecule has 54 valence electrons. The van der Waals surface area contributed by atoms with Gasteiger partial charge < -0.3 is 9.72 Å². The molecular weight excluding hydrogens is 137 g/mol. The topological polar surface area (TPSA) is 42.1 Å². The average Bonchev–Trinajstić information content (AvgIpc) is 2.34. The molecule has 3 nitrogen and oxygen atoms in total. The van der Waals surface area contributed by atoms with Crippen LogP contribution < -0.4 is 0 Å². The van der Waals surface area contributed by atoms with Gasteiger partial charge in [-0.3, -0.25) is 0 Å². The summed E-state index contributed by atoms with van der Waals surface area (Å²) >= 11 is 0. The average molecular weight is 143 g/mol. The van der Waals surface area contributed by atoms with Crippen molar-refractivity contribution in [2.75, 3.05) is 7.11 Å². The number of nitrogens with one attached hydrogen (secondary N) is 1. The number of aromatic amines is 1. The second-order valence-electron chi connectivity index (χ2n) is 1.73. The summed E-state index contributed by atoms with van der Waals surface area (Å²) in [4.78, 5) is 12.8. The van der Waals surface area contributed by atoms with Gasteiger partial charge in [-0.2, -0.15) is 4.39 Å². The quantitative estimate of drug-likeness (QED) is 0.594. The predicted octanol–water partition coefficient (Wildman–Crippen LogP) is 0.940. The summed E-state index contributed by atoms with van der Waals surface area (Å²) in [5.41, 5.74) is 0.194. The van der Waals surface area contributed by atoms with E-state index in [1.807, 2.05) is 0 Å². The van der Waals surface area contributed by atoms with Crippen LogP contribution in [0.2, 0.25) is 0 Å². The molecule has 0 bridgehead atoms. The Morgan fingerprint density at radius 2 is 2.50 bits per heavy atom. The molecule has 10 heavy (non-hydrogen) atoms. The lowest BCUT2D eigenvalue weighted by atomic mass is 10.3. The van der Waals surface area contributed by atoms with Crippen molar-refractivity contribution in [3.05, 3.63) is 23.8 Å². The number of carbonyl (C=O) groups is 1. The Bertz CT molecular complexity index is 244. The summed E-state index contributed by atoms with van der Waals surface area (Å²) in [6.45, 7) is 0. The van der Waals surface area contributed by atoms with Crippen LogP contribution in [0.15, 0.2) is 12.3 Å². The molecule has 0 amide bonds. The Kier molecular flexibility index (Phi) is 1.71. The first-order chi connectivity index (χ1) is 4.74. The molecule has 0 saturated carbocycles. The van der Waals surface area contributed by atoms with Crippen molar-refractivity contribution < 1.29 is 13.9 Å². The molecular formula is C6H6FNO2. The van der Waals surface area contributed by atoms with Gasteiger partial charge in [-0.1, -0.05) is 0 Å². The minimum Gasteiger partial charge on any atom is -0.465 e. The predicted molar refractivity (Wildman–Crippen MR) is 32.1 cm³/mol. The van der Waals surface area contributed by atoms with Gasteiger partial charge in [-0.05, 0) is 0 Å². The highest BCUT2D eigenvalue weighted by Crippen LogP contribution is 2.02. The molecule has 1 heterocycles. The third-order valence-electron chi connectivity index (χ3n) is 1.07. The largest absolute Gasteiger partial charge is 0.465 e. The maximum atomic E-state index is 12.2. The van der Waals surface area contributed by atoms with E-state index in [9.17, 15) is 9.18 Å². The van der Waals surface area contributed by atoms with Crippen molar-refractivity contribution in [1.82, 2.24) is 4.98 Å². The molecule has 0 radical (unpaired) electrons. The van der Waals surface area contributed by atoms with Crippen LogP contribution in [0.4, 0.5) is 4.39 Å². The summed E-state index contributed by atoms with van der Waals surface area (Å²) in [5.74, 6) is -1.08. The van der Waals surface area contributed by atoms with Crippen LogP contribution in [0.1, 0.15) is 10.4 Å². The summed E-state index contributed by atoms with van der Waals surface area (Å²) in [6, 6.07) is 1.08. The number of aromatic nitrogens is 1. The van der Waals surface area contributed by atoms with Crippen molar-refractivity contribution in [1.29, 1.82) is 0 Å². The highest BCUT2D eigenvalue weighted by molar-refractivity contribution is 5.88. The maximum absolute atomic E-state index is 12.2. The van der Waals surface area contributed by atoms with Crippen molar-refractivity contribution in [3.8, 4) is 0 Å². The zero-order valence-electron chi connectivity index (χ0n) is 5.35. The molecule has 0 unspecified atom stereocenters. The smallest absolute Gasteiger partial charge is 0.339 e. The monoisotopic (exact) mass is 143 g/mol. The Morgan fingerprint density at radius 1 is 1.80 bits per heavy atom. The van der Waals surface area contributed by atoms with Crippen LogP contribution >= 0.6 is 0 Å². The third-order valence-corrected chi connectivity index (χ3v) is 1.07. The lowest BCUT2D eigenvalue weighted by Gasteiger charge is -1.90. The molecule has 1 N–H and O–H groups in total. The van der Waals surface area contributed by atoms with Crippen molar-refractivity contribution >= 4 is 5.97 Å². The van der Waals surface area contributed by atoms with Gasteiger partial charge in [0, 0.05) is 12.3 Å². The minimum atomic E-state index is -0.542. The number of carbonyl (C=O) groups excluding carboxylic acids is 1. The fraction of sp³-hybridized carbons (Fsp3) is 0.167. The summed E-state index contributed by atoms with van der Waals surface area (Å²) in [7, 11) is 1.24. The normalized spacial score (nSPS) is 9.40. The van der Waals surface area contributed by atoms with E-state index in [1.165, 1.54) is 13.3 Å². The van der Waals surface area contributed by atoms with E-state index in [4.69, 9.17) is 0 Å². The Labute approximate surface area is 56.8 Å². The van der Waals surface area contributed by atoms with Gasteiger partial charge in [0.2, 0.25) is 0 Å². The molecule has 0 atom stereocenters. The molecule has 0 aliphatic rings. The second kappa shape index (κ2) is 2.51. The summed E-state index contributed by atoms with van der Waals surface area (Å²) in [5, 5.41) is 0. The van der Waals surface area contributed by atoms with E-state index in [0.29, 0.717) is 0 Å². The third kappa shape index (κ3) is 1.15. The van der Waals surface area contributed by atoms with E-state index in [1.54, 1.807) is 0 Å². The van der Waals surface area contributed by atoms with Gasteiger partial charge in [0.05, 0.1) is 12.7 Å². The fourth-order valence-electron chi connectivity index (χ4n) is 0.602. The first-order valence-electron chi connectivity index (χ1n) is 2.66. The molecule has 0 spiro atoms. The van der Waals surface area contributed by atoms with Gasteiger partial charge >= 0.3 is 5.97 Å². The van der Waals surface area contributed by atoms with E-state index in [-0.39, 0.29) is 5.56 Å². The first-order valence-corrected chi connectivity index (χ1v) is 2.66. The lowest BCUT2D eigenvalue weighted by Crippen LogP contribution is -1.98. The number of H-pyrrole nitrogens is 1. The number of rotatable bonds is 1. The van der Waals surface area contributed by atoms with Crippen LogP contribution in [0.25, 0.3) is 0 Å². The van der Waals surface area contributed by atoms with Crippen LogP contribution in [-0.2, 0) is 4.74 Å². The molecule has 0 fully saturated rings. The number of methoxy groups -OCH3 is 1. The lowest BCUT2D eigenvalue weighted by molar-refractivity contribution is 0.0601. The van der Waals surface area contributed by atoms with Crippen LogP contribution in [-0.4, -0.2) is 18.1 Å². The molecule has 0 aliphatic heterocycles. The van der Waals surface area contributed by atoms with Crippen molar-refractivity contribution in [2.24, 2.45) is 0 Å². The zero-order valence-corrected chi connectivity index (χ0v) is 5.35. The molecule has 1 rings (SSSR count). The van der Waals surface area contributed by atoms with Gasteiger partial charge in [0.1, 0.15) is 0 Å². The summed E-state index contributed by atoms with van der Waals surface area (Å²) < 4.78 is 16.5. The van der Waals surface area contributed by atoms with E-state index < -0.39 is 11.9 Å². The standard InChI is InChI=1S/C6H6FNO2/c1-10-6(9)4-2-5(7)8-3-4/h2-3,8H,1H3. The molecule has 0 saturated heterocycles. The Morgan fingerprint density at radius 3 is 2.90 bits per heavy atom. The van der Waals surface area contributed by atoms with E-state index in [0.717, 1.165) is 6.07 Å². The fourth-order valence-corrected chi connectivity index (χ4v) is 0.602. The number of halogens is 1.